The van der Waals surface area contributed by atoms with E-state index in [1.54, 1.807) is 7.11 Å². The highest BCUT2D eigenvalue weighted by Gasteiger charge is 2.29. The molecule has 0 N–H and O–H groups in total. The van der Waals surface area contributed by atoms with E-state index >= 15 is 0 Å². The molecule has 0 bridgehead atoms. The van der Waals surface area contributed by atoms with Crippen LogP contribution in [-0.4, -0.2) is 19.7 Å². The molecule has 1 atom stereocenters. The Hall–Kier alpha value is -2.69. The molecule has 1 heterocycles. The van der Waals surface area contributed by atoms with Gasteiger partial charge in [-0.15, -0.1) is 0 Å². The average molecular weight is 441 g/mol. The Labute approximate surface area is 192 Å². The summed E-state index contributed by atoms with van der Waals surface area (Å²) >= 11 is 0. The van der Waals surface area contributed by atoms with Gasteiger partial charge in [-0.1, -0.05) is 40.7 Å². The Bertz CT molecular complexity index is 961. The molecular formula is C27H36O5. The summed E-state index contributed by atoms with van der Waals surface area (Å²) in [5, 5.41) is 0. The van der Waals surface area contributed by atoms with Crippen molar-refractivity contribution in [2.75, 3.05) is 13.7 Å². The number of rotatable bonds is 8. The molecule has 0 spiro atoms. The van der Waals surface area contributed by atoms with Crippen LogP contribution in [0.3, 0.4) is 0 Å². The fourth-order valence-corrected chi connectivity index (χ4v) is 3.74. The number of hydrogen-bond donors (Lipinski definition) is 0. The summed E-state index contributed by atoms with van der Waals surface area (Å²) in [7, 11) is 1.59. The lowest BCUT2D eigenvalue weighted by Gasteiger charge is -2.24. The minimum Gasteiger partial charge on any atom is -0.495 e. The first kappa shape index (κ1) is 24.0. The summed E-state index contributed by atoms with van der Waals surface area (Å²) < 4.78 is 23.8. The largest absolute Gasteiger partial charge is 0.495 e. The third kappa shape index (κ3) is 5.37. The second-order valence-corrected chi connectivity index (χ2v) is 9.52. The number of cyclic esters (lactones) is 1. The zero-order valence-electron chi connectivity index (χ0n) is 20.4. The van der Waals surface area contributed by atoms with Gasteiger partial charge in [0, 0.05) is 5.56 Å². The summed E-state index contributed by atoms with van der Waals surface area (Å²) in [4.78, 5) is 13.0. The molecule has 174 valence electrons. The first-order chi connectivity index (χ1) is 15.2. The standard InChI is InChI=1S/C27H36O5/c1-16(2)10-11-30-23-13-18(5)12-21-15-31-27(28)24-22(32-25(21)23)9-8-20(26(24)29-7)14-19(6)17(3)4/h8-9,12-13,16-17,19H,10-11,14-15H2,1-7H3. The van der Waals surface area contributed by atoms with Gasteiger partial charge in [0.25, 0.3) is 0 Å². The monoisotopic (exact) mass is 440 g/mol. The fourth-order valence-electron chi connectivity index (χ4n) is 3.74. The maximum atomic E-state index is 13.0. The van der Waals surface area contributed by atoms with E-state index in [9.17, 15) is 4.79 Å². The van der Waals surface area contributed by atoms with E-state index in [1.807, 2.05) is 31.2 Å². The average Bonchev–Trinajstić information content (AvgIpc) is 2.72. The Morgan fingerprint density at radius 3 is 2.50 bits per heavy atom. The lowest BCUT2D eigenvalue weighted by atomic mass is 9.89. The quantitative estimate of drug-likeness (QED) is 0.426. The van der Waals surface area contributed by atoms with Gasteiger partial charge in [0.05, 0.1) is 13.7 Å². The van der Waals surface area contributed by atoms with E-state index in [4.69, 9.17) is 18.9 Å². The van der Waals surface area contributed by atoms with Gasteiger partial charge in [-0.25, -0.2) is 4.79 Å². The summed E-state index contributed by atoms with van der Waals surface area (Å²) in [6.45, 7) is 13.6. The molecule has 0 fully saturated rings. The topological polar surface area (TPSA) is 54.0 Å². The zero-order chi connectivity index (χ0) is 23.4. The van der Waals surface area contributed by atoms with Crippen LogP contribution in [0.4, 0.5) is 0 Å². The molecule has 0 radical (unpaired) electrons. The molecule has 2 aromatic rings. The van der Waals surface area contributed by atoms with Crippen LogP contribution in [0, 0.1) is 24.7 Å². The van der Waals surface area contributed by atoms with Crippen molar-refractivity contribution in [3.05, 3.63) is 46.5 Å². The smallest absolute Gasteiger partial charge is 0.346 e. The molecular weight excluding hydrogens is 404 g/mol. The molecule has 1 unspecified atom stereocenters. The molecule has 3 rings (SSSR count). The highest BCUT2D eigenvalue weighted by Crippen LogP contribution is 2.43. The van der Waals surface area contributed by atoms with E-state index in [-0.39, 0.29) is 6.61 Å². The van der Waals surface area contributed by atoms with Gasteiger partial charge >= 0.3 is 5.97 Å². The molecule has 5 heteroatoms. The van der Waals surface area contributed by atoms with E-state index in [0.29, 0.717) is 52.9 Å². The number of aryl methyl sites for hydroxylation is 1. The minimum atomic E-state index is -0.440. The van der Waals surface area contributed by atoms with E-state index in [1.165, 1.54) is 0 Å². The maximum Gasteiger partial charge on any atom is 0.346 e. The molecule has 0 aromatic heterocycles. The van der Waals surface area contributed by atoms with Gasteiger partial charge in [0.1, 0.15) is 23.7 Å². The predicted molar refractivity (Wildman–Crippen MR) is 126 cm³/mol. The molecule has 2 aromatic carbocycles. The van der Waals surface area contributed by atoms with E-state index in [2.05, 4.69) is 34.6 Å². The third-order valence-electron chi connectivity index (χ3n) is 6.09. The van der Waals surface area contributed by atoms with Crippen LogP contribution in [0.1, 0.15) is 68.1 Å². The molecule has 1 aliphatic rings. The van der Waals surface area contributed by atoms with Crippen LogP contribution in [-0.2, 0) is 17.8 Å². The molecule has 0 aliphatic carbocycles. The molecule has 0 saturated heterocycles. The van der Waals surface area contributed by atoms with Crippen LogP contribution < -0.4 is 14.2 Å². The second-order valence-electron chi connectivity index (χ2n) is 9.52. The minimum absolute atomic E-state index is 0.117. The van der Waals surface area contributed by atoms with Gasteiger partial charge in [0.15, 0.2) is 11.5 Å². The van der Waals surface area contributed by atoms with Crippen LogP contribution >= 0.6 is 0 Å². The third-order valence-corrected chi connectivity index (χ3v) is 6.09. The number of esters is 1. The number of ether oxygens (including phenoxy) is 4. The first-order valence-corrected chi connectivity index (χ1v) is 11.5. The normalized spacial score (nSPS) is 14.1. The molecule has 0 amide bonds. The lowest BCUT2D eigenvalue weighted by molar-refractivity contribution is 0.0454. The Kier molecular flexibility index (Phi) is 7.70. The van der Waals surface area contributed by atoms with Crippen LogP contribution in [0.25, 0.3) is 0 Å². The van der Waals surface area contributed by atoms with Crippen molar-refractivity contribution in [1.29, 1.82) is 0 Å². The second kappa shape index (κ2) is 10.3. The highest BCUT2D eigenvalue weighted by molar-refractivity contribution is 5.96. The predicted octanol–water partition coefficient (Wildman–Crippen LogP) is 6.73. The van der Waals surface area contributed by atoms with E-state index in [0.717, 1.165) is 29.5 Å². The van der Waals surface area contributed by atoms with Gasteiger partial charge in [0.2, 0.25) is 0 Å². The molecule has 32 heavy (non-hydrogen) atoms. The van der Waals surface area contributed by atoms with Crippen molar-refractivity contribution in [1.82, 2.24) is 0 Å². The van der Waals surface area contributed by atoms with Crippen LogP contribution in [0.5, 0.6) is 23.0 Å². The first-order valence-electron chi connectivity index (χ1n) is 11.5. The van der Waals surface area contributed by atoms with E-state index < -0.39 is 5.97 Å². The Balaban J connectivity index is 2.03. The summed E-state index contributed by atoms with van der Waals surface area (Å²) in [5.41, 5.74) is 3.13. The lowest BCUT2D eigenvalue weighted by Crippen LogP contribution is -2.15. The van der Waals surface area contributed by atoms with Gasteiger partial charge < -0.3 is 18.9 Å². The number of fused-ring (bicyclic) bond motifs is 2. The highest BCUT2D eigenvalue weighted by atomic mass is 16.6. The van der Waals surface area contributed by atoms with Gasteiger partial charge in [-0.3, -0.25) is 0 Å². The van der Waals surface area contributed by atoms with Crippen molar-refractivity contribution in [3.8, 4) is 23.0 Å². The summed E-state index contributed by atoms with van der Waals surface area (Å²) in [6.07, 6.45) is 1.75. The number of benzene rings is 2. The Morgan fingerprint density at radius 1 is 1.09 bits per heavy atom. The van der Waals surface area contributed by atoms with Gasteiger partial charge in [-0.2, -0.15) is 0 Å². The SMILES string of the molecule is COc1c(CC(C)C(C)C)ccc2c1C(=O)OCc1cc(C)cc(OCCC(C)C)c1O2. The van der Waals surface area contributed by atoms with Crippen molar-refractivity contribution in [2.45, 2.75) is 61.0 Å². The molecule has 0 saturated carbocycles. The molecule has 5 nitrogen and oxygen atoms in total. The van der Waals surface area contributed by atoms with Crippen LogP contribution in [0.2, 0.25) is 0 Å². The number of methoxy groups -OCH3 is 1. The summed E-state index contributed by atoms with van der Waals surface area (Å²) in [5.74, 6) is 3.27. The van der Waals surface area contributed by atoms with Crippen molar-refractivity contribution in [2.24, 2.45) is 17.8 Å². The van der Waals surface area contributed by atoms with Crippen molar-refractivity contribution in [3.63, 3.8) is 0 Å². The number of carbonyl (C=O) groups excluding carboxylic acids is 1. The number of hydrogen-bond acceptors (Lipinski definition) is 5. The zero-order valence-corrected chi connectivity index (χ0v) is 20.4. The summed E-state index contributed by atoms with van der Waals surface area (Å²) in [6, 6.07) is 7.77. The fraction of sp³-hybridized carbons (Fsp3) is 0.519. The van der Waals surface area contributed by atoms with Crippen LogP contribution in [0.15, 0.2) is 24.3 Å². The van der Waals surface area contributed by atoms with Gasteiger partial charge in [-0.05, 0) is 66.8 Å². The molecule has 1 aliphatic heterocycles. The Morgan fingerprint density at radius 2 is 1.84 bits per heavy atom. The van der Waals surface area contributed by atoms with Crippen molar-refractivity contribution < 1.29 is 23.7 Å². The number of carbonyl (C=O) groups is 1. The van der Waals surface area contributed by atoms with Crippen molar-refractivity contribution >= 4 is 5.97 Å². The maximum absolute atomic E-state index is 13.0.